The van der Waals surface area contributed by atoms with Crippen molar-refractivity contribution in [1.82, 2.24) is 9.80 Å². The van der Waals surface area contributed by atoms with E-state index < -0.39 is 0 Å². The molecule has 0 N–H and O–H groups in total. The van der Waals surface area contributed by atoms with Gasteiger partial charge in [0.15, 0.2) is 0 Å². The summed E-state index contributed by atoms with van der Waals surface area (Å²) in [5.74, 6) is 0.355. The van der Waals surface area contributed by atoms with Crippen molar-refractivity contribution in [2.75, 3.05) is 26.2 Å². The fourth-order valence-corrected chi connectivity index (χ4v) is 4.81. The molecule has 3 aliphatic heterocycles. The van der Waals surface area contributed by atoms with Crippen LogP contribution in [0.15, 0.2) is 24.3 Å². The summed E-state index contributed by atoms with van der Waals surface area (Å²) in [4.78, 5) is 16.8. The van der Waals surface area contributed by atoms with Crippen molar-refractivity contribution in [3.8, 4) is 0 Å². The predicted molar refractivity (Wildman–Crippen MR) is 98.4 cm³/mol. The van der Waals surface area contributed by atoms with E-state index in [4.69, 9.17) is 4.74 Å². The van der Waals surface area contributed by atoms with Gasteiger partial charge in [0.25, 0.3) is 0 Å². The molecule has 0 bridgehead atoms. The molecule has 2 atom stereocenters. The molecule has 0 aliphatic carbocycles. The normalized spacial score (nSPS) is 30.5. The highest BCUT2D eigenvalue weighted by Crippen LogP contribution is 2.37. The number of nitrogens with zero attached hydrogens (tertiary/aromatic N) is 2. The van der Waals surface area contributed by atoms with Gasteiger partial charge in [0.2, 0.25) is 5.91 Å². The van der Waals surface area contributed by atoms with Gasteiger partial charge in [0.1, 0.15) is 0 Å². The third-order valence-electron chi connectivity index (χ3n) is 6.25. The van der Waals surface area contributed by atoms with E-state index in [2.05, 4.69) is 41.0 Å². The van der Waals surface area contributed by atoms with Crippen LogP contribution in [0.4, 0.5) is 0 Å². The summed E-state index contributed by atoms with van der Waals surface area (Å²) in [6, 6.07) is 9.40. The Bertz CT molecular complexity index is 615. The molecule has 0 unspecified atom stereocenters. The van der Waals surface area contributed by atoms with Crippen molar-refractivity contribution in [2.45, 2.75) is 63.6 Å². The molecular weight excluding hydrogens is 312 g/mol. The average Bonchev–Trinajstić information content (AvgIpc) is 3.22. The van der Waals surface area contributed by atoms with Crippen molar-refractivity contribution >= 4 is 5.91 Å². The molecule has 3 fully saturated rings. The maximum atomic E-state index is 12.1. The minimum absolute atomic E-state index is 0.0326. The molecule has 25 heavy (non-hydrogen) atoms. The first kappa shape index (κ1) is 17.0. The number of likely N-dealkylation sites (tertiary alicyclic amines) is 2. The number of benzene rings is 1. The first-order valence-electron chi connectivity index (χ1n) is 9.91. The van der Waals surface area contributed by atoms with Gasteiger partial charge in [-0.15, -0.1) is 0 Å². The standard InChI is InChI=1S/C21H30N2O2/c1-2-17-5-7-18(8-6-17)15-22-12-10-21(16-22)14-19(9-13-25-21)23-11-3-4-20(23)24/h5-8,19H,2-4,9-16H2,1H3/t19-,21+/m0/s1. The summed E-state index contributed by atoms with van der Waals surface area (Å²) in [5, 5.41) is 0. The second-order valence-corrected chi connectivity index (χ2v) is 8.00. The van der Waals surface area contributed by atoms with Crippen LogP contribution < -0.4 is 0 Å². The number of carbonyl (C=O) groups excluding carboxylic acids is 1. The Morgan fingerprint density at radius 1 is 1.20 bits per heavy atom. The van der Waals surface area contributed by atoms with Gasteiger partial charge in [-0.25, -0.2) is 0 Å². The molecular formula is C21H30N2O2. The van der Waals surface area contributed by atoms with Crippen LogP contribution in [0.2, 0.25) is 0 Å². The molecule has 3 heterocycles. The van der Waals surface area contributed by atoms with Crippen LogP contribution in [0.3, 0.4) is 0 Å². The van der Waals surface area contributed by atoms with Gasteiger partial charge in [-0.05, 0) is 43.2 Å². The Morgan fingerprint density at radius 2 is 2.00 bits per heavy atom. The van der Waals surface area contributed by atoms with Crippen molar-refractivity contribution in [1.29, 1.82) is 0 Å². The fraction of sp³-hybridized carbons (Fsp3) is 0.667. The molecule has 1 spiro atoms. The lowest BCUT2D eigenvalue weighted by Crippen LogP contribution is -2.50. The van der Waals surface area contributed by atoms with Gasteiger partial charge < -0.3 is 9.64 Å². The zero-order valence-electron chi connectivity index (χ0n) is 15.4. The average molecular weight is 342 g/mol. The van der Waals surface area contributed by atoms with E-state index in [9.17, 15) is 4.79 Å². The molecule has 0 saturated carbocycles. The van der Waals surface area contributed by atoms with E-state index >= 15 is 0 Å². The lowest BCUT2D eigenvalue weighted by molar-refractivity contribution is -0.137. The minimum atomic E-state index is -0.0326. The zero-order valence-corrected chi connectivity index (χ0v) is 15.4. The molecule has 1 amide bonds. The summed E-state index contributed by atoms with van der Waals surface area (Å²) < 4.78 is 6.28. The number of amides is 1. The number of rotatable bonds is 4. The Hall–Kier alpha value is -1.39. The van der Waals surface area contributed by atoms with Crippen LogP contribution in [0.25, 0.3) is 0 Å². The van der Waals surface area contributed by atoms with Gasteiger partial charge in [0.05, 0.1) is 5.60 Å². The highest BCUT2D eigenvalue weighted by molar-refractivity contribution is 5.78. The summed E-state index contributed by atoms with van der Waals surface area (Å²) in [6.07, 6.45) is 5.99. The SMILES string of the molecule is CCc1ccc(CN2CC[C@@]3(C[C@@H](N4CCCC4=O)CCO3)C2)cc1. The van der Waals surface area contributed by atoms with E-state index in [1.807, 2.05) is 0 Å². The number of aryl methyl sites for hydroxylation is 1. The zero-order chi connectivity index (χ0) is 17.3. The second kappa shape index (κ2) is 7.08. The van der Waals surface area contributed by atoms with Crippen LogP contribution in [-0.4, -0.2) is 53.6 Å². The third-order valence-corrected chi connectivity index (χ3v) is 6.25. The smallest absolute Gasteiger partial charge is 0.222 e. The maximum absolute atomic E-state index is 12.1. The number of carbonyl (C=O) groups is 1. The molecule has 1 aromatic carbocycles. The second-order valence-electron chi connectivity index (χ2n) is 8.00. The lowest BCUT2D eigenvalue weighted by atomic mass is 9.89. The minimum Gasteiger partial charge on any atom is -0.373 e. The highest BCUT2D eigenvalue weighted by atomic mass is 16.5. The number of hydrogen-bond acceptors (Lipinski definition) is 3. The summed E-state index contributed by atoms with van der Waals surface area (Å²) in [7, 11) is 0. The van der Waals surface area contributed by atoms with Crippen LogP contribution >= 0.6 is 0 Å². The first-order chi connectivity index (χ1) is 12.2. The topological polar surface area (TPSA) is 32.8 Å². The summed E-state index contributed by atoms with van der Waals surface area (Å²) >= 11 is 0. The Balaban J connectivity index is 1.37. The summed E-state index contributed by atoms with van der Waals surface area (Å²) in [6.45, 7) is 7.04. The Kier molecular flexibility index (Phi) is 4.83. The van der Waals surface area contributed by atoms with Crippen LogP contribution in [0.5, 0.6) is 0 Å². The van der Waals surface area contributed by atoms with Crippen molar-refractivity contribution in [3.05, 3.63) is 35.4 Å². The quantitative estimate of drug-likeness (QED) is 0.843. The highest BCUT2D eigenvalue weighted by Gasteiger charge is 2.45. The molecule has 1 aromatic rings. The first-order valence-corrected chi connectivity index (χ1v) is 9.91. The largest absolute Gasteiger partial charge is 0.373 e. The molecule has 4 rings (SSSR count). The van der Waals surface area contributed by atoms with E-state index in [1.165, 1.54) is 11.1 Å². The van der Waals surface area contributed by atoms with Crippen LogP contribution in [-0.2, 0) is 22.5 Å². The number of ether oxygens (including phenoxy) is 1. The molecule has 4 nitrogen and oxygen atoms in total. The van der Waals surface area contributed by atoms with E-state index in [1.54, 1.807) is 0 Å². The fourth-order valence-electron chi connectivity index (χ4n) is 4.81. The molecule has 4 heteroatoms. The van der Waals surface area contributed by atoms with Crippen molar-refractivity contribution in [2.24, 2.45) is 0 Å². The molecule has 0 aromatic heterocycles. The van der Waals surface area contributed by atoms with Gasteiger partial charge in [-0.3, -0.25) is 9.69 Å². The van der Waals surface area contributed by atoms with Crippen LogP contribution in [0, 0.1) is 0 Å². The number of hydrogen-bond donors (Lipinski definition) is 0. The third kappa shape index (κ3) is 3.61. The molecule has 3 saturated heterocycles. The molecule has 0 radical (unpaired) electrons. The Morgan fingerprint density at radius 3 is 2.72 bits per heavy atom. The molecule has 3 aliphatic rings. The van der Waals surface area contributed by atoms with Gasteiger partial charge in [-0.1, -0.05) is 31.2 Å². The monoisotopic (exact) mass is 342 g/mol. The molecule has 136 valence electrons. The van der Waals surface area contributed by atoms with Crippen molar-refractivity contribution < 1.29 is 9.53 Å². The van der Waals surface area contributed by atoms with E-state index in [0.717, 1.165) is 71.3 Å². The maximum Gasteiger partial charge on any atom is 0.222 e. The van der Waals surface area contributed by atoms with E-state index in [-0.39, 0.29) is 5.60 Å². The Labute approximate surface area is 151 Å². The lowest BCUT2D eigenvalue weighted by Gasteiger charge is -2.41. The van der Waals surface area contributed by atoms with Crippen molar-refractivity contribution in [3.63, 3.8) is 0 Å². The van der Waals surface area contributed by atoms with Gasteiger partial charge in [-0.2, -0.15) is 0 Å². The van der Waals surface area contributed by atoms with Crippen LogP contribution in [0.1, 0.15) is 50.2 Å². The van der Waals surface area contributed by atoms with E-state index in [0.29, 0.717) is 11.9 Å². The van der Waals surface area contributed by atoms with Gasteiger partial charge in [0, 0.05) is 45.2 Å². The van der Waals surface area contributed by atoms with Gasteiger partial charge >= 0.3 is 0 Å². The predicted octanol–water partition coefficient (Wildman–Crippen LogP) is 2.99. The summed E-state index contributed by atoms with van der Waals surface area (Å²) in [5.41, 5.74) is 2.75.